The van der Waals surface area contributed by atoms with Gasteiger partial charge in [0.15, 0.2) is 0 Å². The summed E-state index contributed by atoms with van der Waals surface area (Å²) < 4.78 is 0. The van der Waals surface area contributed by atoms with E-state index in [0.717, 1.165) is 12.8 Å². The second-order valence-electron chi connectivity index (χ2n) is 4.98. The topological polar surface area (TPSA) is 0 Å². The highest BCUT2D eigenvalue weighted by Crippen LogP contribution is 2.35. The molecular formula is C18H22. The SMILES string of the molecule is C=CCCCCC1(c2ccccc2)C=CCC=C1. The zero-order chi connectivity index (χ0) is 12.7. The molecule has 0 saturated carbocycles. The minimum Gasteiger partial charge on any atom is -0.103 e. The second kappa shape index (κ2) is 6.39. The lowest BCUT2D eigenvalue weighted by Crippen LogP contribution is -2.22. The molecule has 0 unspecified atom stereocenters. The monoisotopic (exact) mass is 238 g/mol. The van der Waals surface area contributed by atoms with Crippen LogP contribution in [0.1, 0.15) is 37.7 Å². The van der Waals surface area contributed by atoms with Gasteiger partial charge >= 0.3 is 0 Å². The van der Waals surface area contributed by atoms with E-state index in [4.69, 9.17) is 0 Å². The van der Waals surface area contributed by atoms with Gasteiger partial charge in [-0.15, -0.1) is 6.58 Å². The van der Waals surface area contributed by atoms with Crippen LogP contribution in [-0.2, 0) is 5.41 Å². The van der Waals surface area contributed by atoms with Crippen LogP contribution in [0.4, 0.5) is 0 Å². The first-order chi connectivity index (χ1) is 8.87. The van der Waals surface area contributed by atoms with E-state index in [9.17, 15) is 0 Å². The van der Waals surface area contributed by atoms with Gasteiger partial charge in [0, 0.05) is 5.41 Å². The zero-order valence-electron chi connectivity index (χ0n) is 11.0. The van der Waals surface area contributed by atoms with E-state index in [1.165, 1.54) is 24.8 Å². The van der Waals surface area contributed by atoms with Gasteiger partial charge in [0.05, 0.1) is 0 Å². The number of unbranched alkanes of at least 4 members (excludes halogenated alkanes) is 2. The molecule has 1 aromatic carbocycles. The smallest absolute Gasteiger partial charge is 0.0312 e. The second-order valence-corrected chi connectivity index (χ2v) is 4.98. The summed E-state index contributed by atoms with van der Waals surface area (Å²) in [4.78, 5) is 0. The summed E-state index contributed by atoms with van der Waals surface area (Å²) in [6, 6.07) is 10.8. The lowest BCUT2D eigenvalue weighted by molar-refractivity contribution is 0.546. The Morgan fingerprint density at radius 3 is 2.44 bits per heavy atom. The lowest BCUT2D eigenvalue weighted by Gasteiger charge is -2.30. The molecule has 0 amide bonds. The normalized spacial score (nSPS) is 16.7. The minimum atomic E-state index is 0.126. The fourth-order valence-electron chi connectivity index (χ4n) is 2.65. The average molecular weight is 238 g/mol. The van der Waals surface area contributed by atoms with E-state index in [-0.39, 0.29) is 5.41 Å². The van der Waals surface area contributed by atoms with Crippen molar-refractivity contribution in [2.24, 2.45) is 0 Å². The molecule has 94 valence electrons. The van der Waals surface area contributed by atoms with Crippen LogP contribution in [0, 0.1) is 0 Å². The highest BCUT2D eigenvalue weighted by molar-refractivity contribution is 5.38. The maximum Gasteiger partial charge on any atom is 0.0312 e. The van der Waals surface area contributed by atoms with Crippen LogP contribution in [0.3, 0.4) is 0 Å². The van der Waals surface area contributed by atoms with Gasteiger partial charge in [-0.25, -0.2) is 0 Å². The quantitative estimate of drug-likeness (QED) is 0.473. The molecule has 0 saturated heterocycles. The molecule has 1 aliphatic carbocycles. The third-order valence-corrected chi connectivity index (χ3v) is 3.66. The largest absolute Gasteiger partial charge is 0.103 e. The third-order valence-electron chi connectivity index (χ3n) is 3.66. The van der Waals surface area contributed by atoms with E-state index in [1.54, 1.807) is 0 Å². The van der Waals surface area contributed by atoms with Crippen molar-refractivity contribution in [2.75, 3.05) is 0 Å². The predicted molar refractivity (Wildman–Crippen MR) is 79.7 cm³/mol. The van der Waals surface area contributed by atoms with Gasteiger partial charge in [-0.2, -0.15) is 0 Å². The Labute approximate surface area is 111 Å². The van der Waals surface area contributed by atoms with Gasteiger partial charge in [-0.05, 0) is 31.2 Å². The first-order valence-corrected chi connectivity index (χ1v) is 6.89. The molecule has 0 N–H and O–H groups in total. The summed E-state index contributed by atoms with van der Waals surface area (Å²) in [6.07, 6.45) is 17.2. The third kappa shape index (κ3) is 3.01. The number of hydrogen-bond donors (Lipinski definition) is 0. The summed E-state index contributed by atoms with van der Waals surface area (Å²) in [5, 5.41) is 0. The standard InChI is InChI=1S/C18H22/c1-2-3-4-9-14-18(15-10-6-11-16-18)17-12-7-5-8-13-17/h2,5,7-8,10-13,15-16H,1,3-4,6,9,14H2. The van der Waals surface area contributed by atoms with Crippen molar-refractivity contribution in [1.29, 1.82) is 0 Å². The molecular weight excluding hydrogens is 216 g/mol. The number of hydrogen-bond acceptors (Lipinski definition) is 0. The van der Waals surface area contributed by atoms with Crippen molar-refractivity contribution >= 4 is 0 Å². The van der Waals surface area contributed by atoms with E-state index in [0.29, 0.717) is 0 Å². The Hall–Kier alpha value is -1.56. The maximum atomic E-state index is 3.79. The Balaban J connectivity index is 2.14. The highest BCUT2D eigenvalue weighted by Gasteiger charge is 2.26. The molecule has 18 heavy (non-hydrogen) atoms. The van der Waals surface area contributed by atoms with Crippen molar-refractivity contribution in [1.82, 2.24) is 0 Å². The molecule has 0 atom stereocenters. The number of benzene rings is 1. The molecule has 0 bridgehead atoms. The van der Waals surface area contributed by atoms with E-state index in [2.05, 4.69) is 61.2 Å². The molecule has 2 rings (SSSR count). The van der Waals surface area contributed by atoms with Gasteiger partial charge in [0.25, 0.3) is 0 Å². The van der Waals surface area contributed by atoms with Crippen LogP contribution >= 0.6 is 0 Å². The zero-order valence-corrected chi connectivity index (χ0v) is 11.0. The molecule has 0 aliphatic heterocycles. The summed E-state index contributed by atoms with van der Waals surface area (Å²) in [5.74, 6) is 0. The Morgan fingerprint density at radius 2 is 1.78 bits per heavy atom. The Morgan fingerprint density at radius 1 is 1.06 bits per heavy atom. The lowest BCUT2D eigenvalue weighted by atomic mass is 9.74. The molecule has 0 radical (unpaired) electrons. The Kier molecular flexibility index (Phi) is 4.58. The van der Waals surface area contributed by atoms with Crippen LogP contribution in [-0.4, -0.2) is 0 Å². The number of allylic oxidation sites excluding steroid dienone is 5. The van der Waals surface area contributed by atoms with E-state index in [1.807, 2.05) is 6.08 Å². The van der Waals surface area contributed by atoms with Crippen molar-refractivity contribution in [3.8, 4) is 0 Å². The van der Waals surface area contributed by atoms with Gasteiger partial charge < -0.3 is 0 Å². The van der Waals surface area contributed by atoms with Crippen LogP contribution < -0.4 is 0 Å². The molecule has 1 aromatic rings. The van der Waals surface area contributed by atoms with Crippen LogP contribution in [0.5, 0.6) is 0 Å². The summed E-state index contributed by atoms with van der Waals surface area (Å²) in [7, 11) is 0. The van der Waals surface area contributed by atoms with Gasteiger partial charge in [-0.1, -0.05) is 67.1 Å². The van der Waals surface area contributed by atoms with E-state index >= 15 is 0 Å². The summed E-state index contributed by atoms with van der Waals surface area (Å²) in [5.41, 5.74) is 1.54. The molecule has 0 heterocycles. The summed E-state index contributed by atoms with van der Waals surface area (Å²) in [6.45, 7) is 3.79. The van der Waals surface area contributed by atoms with E-state index < -0.39 is 0 Å². The van der Waals surface area contributed by atoms with Crippen LogP contribution in [0.15, 0.2) is 67.3 Å². The molecule has 0 aromatic heterocycles. The maximum absolute atomic E-state index is 3.79. The fourth-order valence-corrected chi connectivity index (χ4v) is 2.65. The van der Waals surface area contributed by atoms with Crippen LogP contribution in [0.2, 0.25) is 0 Å². The predicted octanol–water partition coefficient (Wildman–Crippen LogP) is 5.19. The minimum absolute atomic E-state index is 0.126. The van der Waals surface area contributed by atoms with Crippen molar-refractivity contribution < 1.29 is 0 Å². The Bertz CT molecular complexity index is 411. The van der Waals surface area contributed by atoms with Crippen molar-refractivity contribution in [2.45, 2.75) is 37.5 Å². The van der Waals surface area contributed by atoms with Crippen molar-refractivity contribution in [3.63, 3.8) is 0 Å². The van der Waals surface area contributed by atoms with Crippen molar-refractivity contribution in [3.05, 3.63) is 72.9 Å². The highest BCUT2D eigenvalue weighted by atomic mass is 14.3. The molecule has 0 spiro atoms. The fraction of sp³-hybridized carbons (Fsp3) is 0.333. The summed E-state index contributed by atoms with van der Waals surface area (Å²) >= 11 is 0. The molecule has 1 aliphatic rings. The average Bonchev–Trinajstić information content (AvgIpc) is 2.46. The molecule has 0 nitrogen and oxygen atoms in total. The van der Waals surface area contributed by atoms with Gasteiger partial charge in [-0.3, -0.25) is 0 Å². The number of rotatable bonds is 6. The first-order valence-electron chi connectivity index (χ1n) is 6.89. The van der Waals surface area contributed by atoms with Gasteiger partial charge in [0.2, 0.25) is 0 Å². The van der Waals surface area contributed by atoms with Gasteiger partial charge in [0.1, 0.15) is 0 Å². The molecule has 0 fully saturated rings. The first kappa shape index (κ1) is 12.9. The van der Waals surface area contributed by atoms with Crippen LogP contribution in [0.25, 0.3) is 0 Å². The molecule has 0 heteroatoms.